The number of esters is 1. The van der Waals surface area contributed by atoms with E-state index >= 15 is 0 Å². The van der Waals surface area contributed by atoms with Crippen molar-refractivity contribution in [3.8, 4) is 11.5 Å². The Morgan fingerprint density at radius 2 is 1.83 bits per heavy atom. The molecule has 0 heterocycles. The first-order chi connectivity index (χ1) is 11.6. The molecule has 0 unspecified atom stereocenters. The number of benzene rings is 2. The average Bonchev–Trinajstić information content (AvgIpc) is 2.60. The van der Waals surface area contributed by atoms with Crippen molar-refractivity contribution in [2.45, 2.75) is 6.42 Å². The van der Waals surface area contributed by atoms with E-state index in [9.17, 15) is 9.59 Å². The Kier molecular flexibility index (Phi) is 6.63. The van der Waals surface area contributed by atoms with Gasteiger partial charge < -0.3 is 14.2 Å². The van der Waals surface area contributed by atoms with Crippen LogP contribution in [0.3, 0.4) is 0 Å². The largest absolute Gasteiger partial charge is 0.492 e. The minimum absolute atomic E-state index is 0.173. The fraction of sp³-hybridized carbons (Fsp3) is 0.222. The molecule has 0 fully saturated rings. The highest BCUT2D eigenvalue weighted by Gasteiger charge is 2.11. The minimum Gasteiger partial charge on any atom is -0.492 e. The number of rotatable bonds is 8. The van der Waals surface area contributed by atoms with Crippen LogP contribution in [0.4, 0.5) is 0 Å². The van der Waals surface area contributed by atoms with Crippen LogP contribution in [-0.2, 0) is 16.0 Å². The number of ether oxygens (including phenoxy) is 3. The molecule has 24 heavy (non-hydrogen) atoms. The molecule has 0 aliphatic rings. The lowest BCUT2D eigenvalue weighted by Gasteiger charge is -2.10. The van der Waals surface area contributed by atoms with Crippen LogP contribution in [-0.4, -0.2) is 31.5 Å². The molecule has 0 aromatic heterocycles. The Labute approximate surface area is 145 Å². The molecule has 0 saturated heterocycles. The smallest absolute Gasteiger partial charge is 0.341 e. The van der Waals surface area contributed by atoms with Gasteiger partial charge in [-0.1, -0.05) is 24.3 Å². The zero-order valence-electron chi connectivity index (χ0n) is 13.2. The van der Waals surface area contributed by atoms with Crippen LogP contribution in [0, 0.1) is 0 Å². The van der Waals surface area contributed by atoms with Crippen LogP contribution in [0.1, 0.15) is 15.9 Å². The van der Waals surface area contributed by atoms with E-state index in [2.05, 4.69) is 0 Å². The quantitative estimate of drug-likeness (QED) is 0.541. The Morgan fingerprint density at radius 3 is 2.58 bits per heavy atom. The lowest BCUT2D eigenvalue weighted by atomic mass is 10.1. The van der Waals surface area contributed by atoms with E-state index in [0.29, 0.717) is 30.1 Å². The SMILES string of the molecule is COC(=O)c1ccccc1OCCc1cccc(OCC(=O)Cl)c1. The molecule has 0 bridgehead atoms. The third-order valence-electron chi connectivity index (χ3n) is 3.19. The Balaban J connectivity index is 1.94. The van der Waals surface area contributed by atoms with Crippen molar-refractivity contribution in [1.29, 1.82) is 0 Å². The van der Waals surface area contributed by atoms with Crippen LogP contribution in [0.5, 0.6) is 11.5 Å². The van der Waals surface area contributed by atoms with E-state index in [-0.39, 0.29) is 6.61 Å². The summed E-state index contributed by atoms with van der Waals surface area (Å²) in [5.74, 6) is 0.604. The molecular formula is C18H17ClO5. The van der Waals surface area contributed by atoms with E-state index in [4.69, 9.17) is 25.8 Å². The first-order valence-corrected chi connectivity index (χ1v) is 7.68. The molecule has 0 aliphatic heterocycles. The second-order valence-corrected chi connectivity index (χ2v) is 5.30. The highest BCUT2D eigenvalue weighted by molar-refractivity contribution is 6.63. The van der Waals surface area contributed by atoms with Gasteiger partial charge in [-0.2, -0.15) is 0 Å². The number of hydrogen-bond donors (Lipinski definition) is 0. The summed E-state index contributed by atoms with van der Waals surface area (Å²) in [4.78, 5) is 22.4. The molecule has 126 valence electrons. The highest BCUT2D eigenvalue weighted by atomic mass is 35.5. The fourth-order valence-electron chi connectivity index (χ4n) is 2.08. The maximum Gasteiger partial charge on any atom is 0.341 e. The first-order valence-electron chi connectivity index (χ1n) is 7.30. The van der Waals surface area contributed by atoms with Crippen molar-refractivity contribution in [2.24, 2.45) is 0 Å². The molecule has 2 rings (SSSR count). The maximum atomic E-state index is 11.7. The molecule has 0 spiro atoms. The van der Waals surface area contributed by atoms with Crippen LogP contribution in [0.2, 0.25) is 0 Å². The zero-order chi connectivity index (χ0) is 17.4. The monoisotopic (exact) mass is 348 g/mol. The van der Waals surface area contributed by atoms with E-state index in [1.165, 1.54) is 7.11 Å². The summed E-state index contributed by atoms with van der Waals surface area (Å²) in [6.07, 6.45) is 0.613. The van der Waals surface area contributed by atoms with Crippen LogP contribution in [0.25, 0.3) is 0 Å². The second-order valence-electron chi connectivity index (χ2n) is 4.88. The van der Waals surface area contributed by atoms with Crippen LogP contribution < -0.4 is 9.47 Å². The van der Waals surface area contributed by atoms with E-state index in [0.717, 1.165) is 5.56 Å². The van der Waals surface area contributed by atoms with Gasteiger partial charge in [0.2, 0.25) is 0 Å². The summed E-state index contributed by atoms with van der Waals surface area (Å²) in [6, 6.07) is 14.2. The van der Waals surface area contributed by atoms with Crippen molar-refractivity contribution in [2.75, 3.05) is 20.3 Å². The van der Waals surface area contributed by atoms with Crippen LogP contribution in [0.15, 0.2) is 48.5 Å². The topological polar surface area (TPSA) is 61.8 Å². The molecule has 0 aliphatic carbocycles. The Bertz CT molecular complexity index is 714. The average molecular weight is 349 g/mol. The molecule has 0 amide bonds. The second kappa shape index (κ2) is 8.93. The van der Waals surface area contributed by atoms with Gasteiger partial charge in [-0.15, -0.1) is 0 Å². The van der Waals surface area contributed by atoms with Gasteiger partial charge in [0.25, 0.3) is 5.24 Å². The molecule has 2 aromatic rings. The number of halogens is 1. The normalized spacial score (nSPS) is 10.1. The summed E-state index contributed by atoms with van der Waals surface area (Å²) in [5.41, 5.74) is 1.36. The van der Waals surface area contributed by atoms with E-state index in [1.807, 2.05) is 18.2 Å². The van der Waals surface area contributed by atoms with E-state index < -0.39 is 11.2 Å². The van der Waals surface area contributed by atoms with Gasteiger partial charge in [-0.05, 0) is 41.4 Å². The maximum absolute atomic E-state index is 11.7. The summed E-state index contributed by atoms with van der Waals surface area (Å²) in [7, 11) is 1.33. The van der Waals surface area contributed by atoms with Gasteiger partial charge >= 0.3 is 5.97 Å². The lowest BCUT2D eigenvalue weighted by Crippen LogP contribution is -2.08. The van der Waals surface area contributed by atoms with Crippen molar-refractivity contribution in [3.05, 3.63) is 59.7 Å². The molecule has 6 heteroatoms. The summed E-state index contributed by atoms with van der Waals surface area (Å²) in [6.45, 7) is 0.208. The number of carbonyl (C=O) groups is 2. The fourth-order valence-corrected chi connectivity index (χ4v) is 2.14. The predicted molar refractivity (Wildman–Crippen MR) is 89.8 cm³/mol. The zero-order valence-corrected chi connectivity index (χ0v) is 13.9. The minimum atomic E-state index is -0.553. The van der Waals surface area contributed by atoms with Gasteiger partial charge in [0.15, 0.2) is 6.61 Å². The van der Waals surface area contributed by atoms with Crippen molar-refractivity contribution < 1.29 is 23.8 Å². The number of methoxy groups -OCH3 is 1. The molecule has 0 atom stereocenters. The lowest BCUT2D eigenvalue weighted by molar-refractivity contribution is -0.113. The molecule has 0 radical (unpaired) electrons. The number of para-hydroxylation sites is 1. The summed E-state index contributed by atoms with van der Waals surface area (Å²) >= 11 is 5.25. The molecular weight excluding hydrogens is 332 g/mol. The van der Waals surface area contributed by atoms with Crippen molar-refractivity contribution in [1.82, 2.24) is 0 Å². The van der Waals surface area contributed by atoms with Gasteiger partial charge in [0, 0.05) is 6.42 Å². The Hall–Kier alpha value is -2.53. The first kappa shape index (κ1) is 17.8. The molecule has 0 N–H and O–H groups in total. The van der Waals surface area contributed by atoms with E-state index in [1.54, 1.807) is 30.3 Å². The van der Waals surface area contributed by atoms with Gasteiger partial charge in [-0.3, -0.25) is 4.79 Å². The standard InChI is InChI=1S/C18H17ClO5/c1-22-18(21)15-7-2-3-8-16(15)23-10-9-13-5-4-6-14(11-13)24-12-17(19)20/h2-8,11H,9-10,12H2,1H3. The highest BCUT2D eigenvalue weighted by Crippen LogP contribution is 2.20. The third kappa shape index (κ3) is 5.28. The molecule has 5 nitrogen and oxygen atoms in total. The van der Waals surface area contributed by atoms with Gasteiger partial charge in [0.1, 0.15) is 17.1 Å². The number of carbonyl (C=O) groups excluding carboxylic acids is 2. The van der Waals surface area contributed by atoms with Crippen LogP contribution >= 0.6 is 11.6 Å². The van der Waals surface area contributed by atoms with Crippen molar-refractivity contribution in [3.63, 3.8) is 0 Å². The van der Waals surface area contributed by atoms with Gasteiger partial charge in [0.05, 0.1) is 13.7 Å². The third-order valence-corrected chi connectivity index (χ3v) is 3.30. The molecule has 2 aromatic carbocycles. The Morgan fingerprint density at radius 1 is 1.04 bits per heavy atom. The predicted octanol–water partition coefficient (Wildman–Crippen LogP) is 3.24. The molecule has 0 saturated carbocycles. The summed E-state index contributed by atoms with van der Waals surface area (Å²) in [5, 5.41) is -0.553. The summed E-state index contributed by atoms with van der Waals surface area (Å²) < 4.78 is 15.7. The number of hydrogen-bond acceptors (Lipinski definition) is 5. The van der Waals surface area contributed by atoms with Crippen molar-refractivity contribution >= 4 is 22.8 Å². The van der Waals surface area contributed by atoms with Gasteiger partial charge in [-0.25, -0.2) is 4.79 Å².